The Hall–Kier alpha value is -3.18. The van der Waals surface area contributed by atoms with Crippen LogP contribution in [0.3, 0.4) is 0 Å². The molecule has 2 aromatic carbocycles. The van der Waals surface area contributed by atoms with Crippen LogP contribution in [0.5, 0.6) is 11.5 Å². The first-order valence-corrected chi connectivity index (χ1v) is 8.92. The van der Waals surface area contributed by atoms with Crippen molar-refractivity contribution < 1.29 is 49.3 Å². The summed E-state index contributed by atoms with van der Waals surface area (Å²) in [5.41, 5.74) is 0.187. The summed E-state index contributed by atoms with van der Waals surface area (Å²) in [4.78, 5) is 23.0. The van der Waals surface area contributed by atoms with Crippen molar-refractivity contribution in [2.45, 2.75) is 30.7 Å². The van der Waals surface area contributed by atoms with E-state index >= 15 is 0 Å². The average molecular weight is 420 g/mol. The largest absolute Gasteiger partial charge is 0.508 e. The van der Waals surface area contributed by atoms with Gasteiger partial charge in [-0.25, -0.2) is 9.59 Å². The molecular formula is C20H20O10. The third-order valence-electron chi connectivity index (χ3n) is 4.50. The number of aliphatic hydroxyl groups excluding tert-OH is 3. The van der Waals surface area contributed by atoms with Gasteiger partial charge in [0.2, 0.25) is 6.29 Å². The standard InChI is InChI=1S/C20H20O10/c21-12-5-1-11(2-6-12)19(27)28-9-14-15(22)16(23)17(24)20(30-14)29-13-7-3-10(4-8-13)18(25)26/h1-8,14-17,20-24H,9H2,(H,25,26)/t14-,15-,16+,17-,20-/m1/s1. The molecule has 160 valence electrons. The van der Waals surface area contributed by atoms with Crippen molar-refractivity contribution in [3.8, 4) is 11.5 Å². The molecule has 5 N–H and O–H groups in total. The molecule has 10 nitrogen and oxygen atoms in total. The fraction of sp³-hybridized carbons (Fsp3) is 0.300. The van der Waals surface area contributed by atoms with Gasteiger partial charge in [0.15, 0.2) is 0 Å². The van der Waals surface area contributed by atoms with E-state index in [2.05, 4.69) is 0 Å². The Labute approximate surface area is 170 Å². The van der Waals surface area contributed by atoms with Crippen LogP contribution in [0, 0.1) is 0 Å². The second kappa shape index (κ2) is 9.09. The number of rotatable bonds is 6. The fourth-order valence-electron chi connectivity index (χ4n) is 2.80. The highest BCUT2D eigenvalue weighted by Gasteiger charge is 2.45. The predicted octanol–water partition coefficient (Wildman–Crippen LogP) is 0.134. The van der Waals surface area contributed by atoms with Crippen LogP contribution in [-0.4, -0.2) is 74.8 Å². The molecule has 0 amide bonds. The SMILES string of the molecule is O=C(O)c1ccc(O[C@@H]2O[C@H](COC(=O)c3ccc(O)cc3)[C@@H](O)[C@H](O)[C@H]2O)cc1. The Morgan fingerprint density at radius 1 is 0.867 bits per heavy atom. The van der Waals surface area contributed by atoms with Gasteiger partial charge in [0.1, 0.15) is 42.5 Å². The Morgan fingerprint density at radius 3 is 2.07 bits per heavy atom. The van der Waals surface area contributed by atoms with Gasteiger partial charge in [0.05, 0.1) is 11.1 Å². The van der Waals surface area contributed by atoms with Crippen LogP contribution in [0.15, 0.2) is 48.5 Å². The number of carbonyl (C=O) groups excluding carboxylic acids is 1. The highest BCUT2D eigenvalue weighted by molar-refractivity contribution is 5.89. The molecule has 0 bridgehead atoms. The molecular weight excluding hydrogens is 400 g/mol. The van der Waals surface area contributed by atoms with Crippen molar-refractivity contribution in [2.24, 2.45) is 0 Å². The number of carbonyl (C=O) groups is 2. The van der Waals surface area contributed by atoms with E-state index in [0.717, 1.165) is 0 Å². The van der Waals surface area contributed by atoms with Crippen LogP contribution in [-0.2, 0) is 9.47 Å². The van der Waals surface area contributed by atoms with Crippen LogP contribution in [0.25, 0.3) is 0 Å². The fourth-order valence-corrected chi connectivity index (χ4v) is 2.80. The number of aromatic carboxylic acids is 1. The van der Waals surface area contributed by atoms with Crippen molar-refractivity contribution in [1.82, 2.24) is 0 Å². The van der Waals surface area contributed by atoms with E-state index in [1.165, 1.54) is 48.5 Å². The van der Waals surface area contributed by atoms with Gasteiger partial charge in [-0.15, -0.1) is 0 Å². The van der Waals surface area contributed by atoms with E-state index in [9.17, 15) is 30.0 Å². The summed E-state index contributed by atoms with van der Waals surface area (Å²) in [5, 5.41) is 48.5. The van der Waals surface area contributed by atoms with Gasteiger partial charge in [-0.1, -0.05) is 0 Å². The first kappa shape index (κ1) is 21.5. The number of aliphatic hydroxyl groups is 3. The maximum Gasteiger partial charge on any atom is 0.338 e. The lowest BCUT2D eigenvalue weighted by Crippen LogP contribution is -2.60. The first-order valence-electron chi connectivity index (χ1n) is 8.92. The lowest BCUT2D eigenvalue weighted by molar-refractivity contribution is -0.277. The Kier molecular flexibility index (Phi) is 6.53. The summed E-state index contributed by atoms with van der Waals surface area (Å²) in [5.74, 6) is -1.73. The van der Waals surface area contributed by atoms with E-state index in [0.29, 0.717) is 0 Å². The third-order valence-corrected chi connectivity index (χ3v) is 4.50. The molecule has 0 saturated carbocycles. The number of ether oxygens (including phenoxy) is 3. The molecule has 5 atom stereocenters. The Bertz CT molecular complexity index is 879. The molecule has 1 aliphatic heterocycles. The van der Waals surface area contributed by atoms with Crippen LogP contribution in [0.4, 0.5) is 0 Å². The van der Waals surface area contributed by atoms with Gasteiger partial charge in [0.25, 0.3) is 0 Å². The maximum atomic E-state index is 12.1. The summed E-state index contributed by atoms with van der Waals surface area (Å²) in [6.45, 7) is -0.442. The van der Waals surface area contributed by atoms with Crippen LogP contribution >= 0.6 is 0 Å². The van der Waals surface area contributed by atoms with E-state index in [4.69, 9.17) is 19.3 Å². The molecule has 0 aromatic heterocycles. The molecule has 1 aliphatic rings. The van der Waals surface area contributed by atoms with E-state index in [1.54, 1.807) is 0 Å². The minimum Gasteiger partial charge on any atom is -0.508 e. The number of phenolic OH excluding ortho intramolecular Hbond substituents is 1. The van der Waals surface area contributed by atoms with Crippen molar-refractivity contribution in [1.29, 1.82) is 0 Å². The maximum absolute atomic E-state index is 12.1. The van der Waals surface area contributed by atoms with Gasteiger partial charge in [-0.05, 0) is 48.5 Å². The second-order valence-corrected chi connectivity index (χ2v) is 6.61. The Balaban J connectivity index is 1.64. The van der Waals surface area contributed by atoms with Crippen molar-refractivity contribution in [2.75, 3.05) is 6.61 Å². The summed E-state index contributed by atoms with van der Waals surface area (Å²) >= 11 is 0. The zero-order valence-electron chi connectivity index (χ0n) is 15.5. The van der Waals surface area contributed by atoms with Gasteiger partial charge >= 0.3 is 11.9 Å². The zero-order valence-corrected chi connectivity index (χ0v) is 15.5. The topological polar surface area (TPSA) is 163 Å². The summed E-state index contributed by atoms with van der Waals surface area (Å²) in [7, 11) is 0. The van der Waals surface area contributed by atoms with E-state index in [1.807, 2.05) is 0 Å². The number of esters is 1. The van der Waals surface area contributed by atoms with Crippen LogP contribution in [0.1, 0.15) is 20.7 Å². The highest BCUT2D eigenvalue weighted by atomic mass is 16.7. The van der Waals surface area contributed by atoms with Crippen molar-refractivity contribution >= 4 is 11.9 Å². The smallest absolute Gasteiger partial charge is 0.338 e. The molecule has 0 spiro atoms. The molecule has 2 aromatic rings. The molecule has 1 fully saturated rings. The van der Waals surface area contributed by atoms with Crippen molar-refractivity contribution in [3.63, 3.8) is 0 Å². The number of hydrogen-bond donors (Lipinski definition) is 5. The molecule has 10 heteroatoms. The van der Waals surface area contributed by atoms with Gasteiger partial charge in [0, 0.05) is 0 Å². The summed E-state index contributed by atoms with van der Waals surface area (Å²) in [6, 6.07) is 10.6. The number of benzene rings is 2. The Morgan fingerprint density at radius 2 is 1.47 bits per heavy atom. The first-order chi connectivity index (χ1) is 14.3. The summed E-state index contributed by atoms with van der Waals surface area (Å²) in [6.07, 6.45) is -7.41. The zero-order chi connectivity index (χ0) is 21.8. The van der Waals surface area contributed by atoms with Crippen LogP contribution in [0.2, 0.25) is 0 Å². The second-order valence-electron chi connectivity index (χ2n) is 6.61. The minimum absolute atomic E-state index is 0.0222. The number of hydrogen-bond acceptors (Lipinski definition) is 9. The molecule has 1 saturated heterocycles. The third kappa shape index (κ3) is 4.86. The predicted molar refractivity (Wildman–Crippen MR) is 99.1 cm³/mol. The number of carboxylic acid groups (broad SMARTS) is 1. The lowest BCUT2D eigenvalue weighted by atomic mass is 9.99. The summed E-state index contributed by atoms with van der Waals surface area (Å²) < 4.78 is 16.0. The molecule has 0 aliphatic carbocycles. The lowest BCUT2D eigenvalue weighted by Gasteiger charge is -2.39. The highest BCUT2D eigenvalue weighted by Crippen LogP contribution is 2.25. The number of aromatic hydroxyl groups is 1. The molecule has 1 heterocycles. The monoisotopic (exact) mass is 420 g/mol. The molecule has 30 heavy (non-hydrogen) atoms. The van der Waals surface area contributed by atoms with Gasteiger partial charge in [-0.3, -0.25) is 0 Å². The normalized spacial score (nSPS) is 26.0. The number of carboxylic acids is 1. The average Bonchev–Trinajstić information content (AvgIpc) is 2.74. The van der Waals surface area contributed by atoms with Gasteiger partial charge in [-0.2, -0.15) is 0 Å². The van der Waals surface area contributed by atoms with E-state index in [-0.39, 0.29) is 22.6 Å². The quantitative estimate of drug-likeness (QED) is 0.406. The van der Waals surface area contributed by atoms with Crippen LogP contribution < -0.4 is 4.74 Å². The van der Waals surface area contributed by atoms with Crippen molar-refractivity contribution in [3.05, 3.63) is 59.7 Å². The van der Waals surface area contributed by atoms with E-state index < -0.39 is 49.3 Å². The van der Waals surface area contributed by atoms with Gasteiger partial charge < -0.3 is 39.7 Å². The molecule has 3 rings (SSSR count). The molecule has 0 radical (unpaired) electrons. The minimum atomic E-state index is -1.64. The number of phenols is 1. The molecule has 0 unspecified atom stereocenters.